The van der Waals surface area contributed by atoms with Crippen LogP contribution in [0.1, 0.15) is 12.8 Å². The molecule has 1 aliphatic rings. The minimum absolute atomic E-state index is 0.186. The van der Waals surface area contributed by atoms with Crippen LogP contribution in [0.25, 0.3) is 33.5 Å². The second kappa shape index (κ2) is 7.80. The van der Waals surface area contributed by atoms with E-state index in [1.165, 1.54) is 6.07 Å². The molecule has 3 heterocycles. The lowest BCUT2D eigenvalue weighted by atomic mass is 10.0. The van der Waals surface area contributed by atoms with Crippen molar-refractivity contribution in [1.82, 2.24) is 15.0 Å². The largest absolute Gasteiger partial charge is 0.369 e. The molecule has 30 heavy (non-hydrogen) atoms. The zero-order valence-electron chi connectivity index (χ0n) is 16.5. The number of rotatable bonds is 3. The predicted octanol–water partition coefficient (Wildman–Crippen LogP) is 4.43. The number of anilines is 1. The summed E-state index contributed by atoms with van der Waals surface area (Å²) in [5, 5.41) is 1.05. The van der Waals surface area contributed by atoms with Gasteiger partial charge in [0.25, 0.3) is 0 Å². The number of nitrogens with zero attached hydrogens (tertiary/aromatic N) is 4. The fraction of sp³-hybridized carbons (Fsp3) is 0.208. The van der Waals surface area contributed by atoms with E-state index in [9.17, 15) is 4.39 Å². The summed E-state index contributed by atoms with van der Waals surface area (Å²) in [5.74, 6) is 0.261. The molecule has 0 bridgehead atoms. The molecule has 1 fully saturated rings. The van der Waals surface area contributed by atoms with Crippen LogP contribution in [-0.2, 0) is 0 Å². The van der Waals surface area contributed by atoms with Crippen molar-refractivity contribution < 1.29 is 4.39 Å². The molecule has 2 N–H and O–H groups in total. The van der Waals surface area contributed by atoms with E-state index in [0.29, 0.717) is 17.1 Å². The third kappa shape index (κ3) is 3.50. The molecular weight excluding hydrogens is 377 g/mol. The van der Waals surface area contributed by atoms with Gasteiger partial charge in [0, 0.05) is 53.7 Å². The Bertz CT molecular complexity index is 1210. The average molecular weight is 399 g/mol. The molecule has 0 aliphatic carbocycles. The fourth-order valence-electron chi connectivity index (χ4n) is 4.09. The van der Waals surface area contributed by atoms with Gasteiger partial charge in [0.05, 0.1) is 11.2 Å². The molecule has 2 aromatic heterocycles. The summed E-state index contributed by atoms with van der Waals surface area (Å²) in [6.07, 6.45) is 5.65. The molecule has 1 atom stereocenters. The molecule has 5 rings (SSSR count). The Hall–Kier alpha value is -3.38. The highest BCUT2D eigenvalue weighted by Crippen LogP contribution is 2.31. The number of fused-ring (bicyclic) bond motifs is 1. The number of piperidine rings is 1. The molecule has 2 aromatic carbocycles. The van der Waals surface area contributed by atoms with Crippen molar-refractivity contribution in [2.45, 2.75) is 18.9 Å². The first-order valence-electron chi connectivity index (χ1n) is 10.2. The van der Waals surface area contributed by atoms with E-state index >= 15 is 0 Å². The molecule has 1 unspecified atom stereocenters. The third-order valence-corrected chi connectivity index (χ3v) is 5.58. The van der Waals surface area contributed by atoms with Crippen molar-refractivity contribution >= 4 is 16.6 Å². The quantitative estimate of drug-likeness (QED) is 0.552. The van der Waals surface area contributed by atoms with Gasteiger partial charge in [0.1, 0.15) is 5.82 Å². The average Bonchev–Trinajstić information content (AvgIpc) is 2.79. The van der Waals surface area contributed by atoms with Gasteiger partial charge in [0.2, 0.25) is 0 Å². The molecule has 6 heteroatoms. The van der Waals surface area contributed by atoms with Crippen LogP contribution < -0.4 is 10.6 Å². The maximum Gasteiger partial charge on any atom is 0.159 e. The van der Waals surface area contributed by atoms with Gasteiger partial charge in [-0.15, -0.1) is 0 Å². The minimum atomic E-state index is -0.298. The summed E-state index contributed by atoms with van der Waals surface area (Å²) >= 11 is 0. The van der Waals surface area contributed by atoms with Crippen LogP contribution in [0.4, 0.5) is 10.1 Å². The third-order valence-electron chi connectivity index (χ3n) is 5.58. The van der Waals surface area contributed by atoms with Crippen molar-refractivity contribution in [2.75, 3.05) is 18.0 Å². The van der Waals surface area contributed by atoms with Crippen LogP contribution >= 0.6 is 0 Å². The van der Waals surface area contributed by atoms with Crippen LogP contribution in [0.3, 0.4) is 0 Å². The SMILES string of the molecule is NC1CCCN(c2ccnc3ccc(-c4nccc(-c5ccccc5F)n4)cc23)C1. The number of nitrogens with two attached hydrogens (primary N) is 1. The van der Waals surface area contributed by atoms with Crippen LogP contribution in [0, 0.1) is 5.82 Å². The molecule has 1 saturated heterocycles. The van der Waals surface area contributed by atoms with Crippen molar-refractivity contribution in [2.24, 2.45) is 5.73 Å². The maximum atomic E-state index is 14.2. The lowest BCUT2D eigenvalue weighted by Gasteiger charge is -2.33. The van der Waals surface area contributed by atoms with Gasteiger partial charge in [-0.2, -0.15) is 0 Å². The molecule has 1 aliphatic heterocycles. The van der Waals surface area contributed by atoms with E-state index in [4.69, 9.17) is 5.73 Å². The first-order chi connectivity index (χ1) is 14.7. The van der Waals surface area contributed by atoms with Gasteiger partial charge >= 0.3 is 0 Å². The van der Waals surface area contributed by atoms with Crippen molar-refractivity contribution in [3.8, 4) is 22.6 Å². The van der Waals surface area contributed by atoms with Gasteiger partial charge in [-0.1, -0.05) is 12.1 Å². The van der Waals surface area contributed by atoms with Crippen molar-refractivity contribution in [3.63, 3.8) is 0 Å². The number of pyridine rings is 1. The normalized spacial score (nSPS) is 16.7. The molecular formula is C24H22FN5. The summed E-state index contributed by atoms with van der Waals surface area (Å²) in [5.41, 5.74) is 10.1. The first kappa shape index (κ1) is 18.6. The smallest absolute Gasteiger partial charge is 0.159 e. The van der Waals surface area contributed by atoms with E-state index in [1.54, 1.807) is 30.5 Å². The summed E-state index contributed by atoms with van der Waals surface area (Å²) in [6, 6.07) is 16.6. The Morgan fingerprint density at radius 1 is 1.00 bits per heavy atom. The van der Waals surface area contributed by atoms with E-state index in [0.717, 1.165) is 48.1 Å². The molecule has 0 radical (unpaired) electrons. The number of benzene rings is 2. The summed E-state index contributed by atoms with van der Waals surface area (Å²) in [7, 11) is 0. The maximum absolute atomic E-state index is 14.2. The lowest BCUT2D eigenvalue weighted by Crippen LogP contribution is -2.42. The molecule has 4 aromatic rings. The monoisotopic (exact) mass is 399 g/mol. The fourth-order valence-corrected chi connectivity index (χ4v) is 4.09. The van der Waals surface area contributed by atoms with Gasteiger partial charge in [-0.25, -0.2) is 14.4 Å². The highest BCUT2D eigenvalue weighted by atomic mass is 19.1. The Kier molecular flexibility index (Phi) is 4.85. The lowest BCUT2D eigenvalue weighted by molar-refractivity contribution is 0.507. The van der Waals surface area contributed by atoms with Crippen LogP contribution in [0.5, 0.6) is 0 Å². The minimum Gasteiger partial charge on any atom is -0.369 e. The van der Waals surface area contributed by atoms with Gasteiger partial charge in [-0.05, 0) is 55.3 Å². The van der Waals surface area contributed by atoms with Gasteiger partial charge < -0.3 is 10.6 Å². The first-order valence-corrected chi connectivity index (χ1v) is 10.2. The summed E-state index contributed by atoms with van der Waals surface area (Å²) in [4.78, 5) is 15.9. The second-order valence-corrected chi connectivity index (χ2v) is 7.66. The van der Waals surface area contributed by atoms with Crippen LogP contribution in [-0.4, -0.2) is 34.1 Å². The topological polar surface area (TPSA) is 67.9 Å². The number of hydrogen-bond donors (Lipinski definition) is 1. The summed E-state index contributed by atoms with van der Waals surface area (Å²) in [6.45, 7) is 1.82. The molecule has 0 amide bonds. The van der Waals surface area contributed by atoms with Gasteiger partial charge in [-0.3, -0.25) is 4.98 Å². The van der Waals surface area contributed by atoms with E-state index in [-0.39, 0.29) is 11.9 Å². The molecule has 0 saturated carbocycles. The Balaban J connectivity index is 1.58. The number of hydrogen-bond acceptors (Lipinski definition) is 5. The van der Waals surface area contributed by atoms with E-state index < -0.39 is 0 Å². The highest BCUT2D eigenvalue weighted by Gasteiger charge is 2.19. The van der Waals surface area contributed by atoms with E-state index in [2.05, 4.69) is 25.9 Å². The zero-order chi connectivity index (χ0) is 20.5. The zero-order valence-corrected chi connectivity index (χ0v) is 16.5. The van der Waals surface area contributed by atoms with Gasteiger partial charge in [0.15, 0.2) is 5.82 Å². The molecule has 150 valence electrons. The molecule has 5 nitrogen and oxygen atoms in total. The number of halogens is 1. The van der Waals surface area contributed by atoms with E-state index in [1.807, 2.05) is 24.4 Å². The van der Waals surface area contributed by atoms with Crippen LogP contribution in [0.15, 0.2) is 67.0 Å². The Labute approximate surface area is 174 Å². The number of aromatic nitrogens is 3. The second-order valence-electron chi connectivity index (χ2n) is 7.66. The Morgan fingerprint density at radius 2 is 1.87 bits per heavy atom. The summed E-state index contributed by atoms with van der Waals surface area (Å²) < 4.78 is 14.2. The van der Waals surface area contributed by atoms with Crippen molar-refractivity contribution in [3.05, 3.63) is 72.8 Å². The molecule has 0 spiro atoms. The Morgan fingerprint density at radius 3 is 2.73 bits per heavy atom. The predicted molar refractivity (Wildman–Crippen MR) is 118 cm³/mol. The highest BCUT2D eigenvalue weighted by molar-refractivity contribution is 5.94. The van der Waals surface area contributed by atoms with Crippen LogP contribution in [0.2, 0.25) is 0 Å². The standard InChI is InChI=1S/C24H22FN5/c25-20-6-2-1-5-18(20)22-9-11-28-24(29-22)16-7-8-21-19(14-16)23(10-12-27-21)30-13-3-4-17(26)15-30/h1-2,5-12,14,17H,3-4,13,15,26H2. The van der Waals surface area contributed by atoms with Crippen molar-refractivity contribution in [1.29, 1.82) is 0 Å².